The van der Waals surface area contributed by atoms with Crippen molar-refractivity contribution in [2.75, 3.05) is 26.4 Å². The average molecular weight is 251 g/mol. The van der Waals surface area contributed by atoms with Gasteiger partial charge < -0.3 is 14.7 Å². The lowest BCUT2D eigenvalue weighted by Gasteiger charge is -2.08. The average Bonchev–Trinajstić information content (AvgIpc) is 2.27. The molecule has 0 bridgehead atoms. The Labute approximate surface area is 99.3 Å². The lowest BCUT2D eigenvalue weighted by molar-refractivity contribution is 0.314. The lowest BCUT2D eigenvalue weighted by Crippen LogP contribution is -2.16. The van der Waals surface area contributed by atoms with Crippen molar-refractivity contribution in [3.63, 3.8) is 0 Å². The first-order chi connectivity index (χ1) is 7.62. The van der Waals surface area contributed by atoms with Crippen molar-refractivity contribution in [3.05, 3.63) is 0 Å². The number of rotatable bonds is 11. The molecule has 0 saturated carbocycles. The van der Waals surface area contributed by atoms with E-state index in [4.69, 9.17) is 4.89 Å². The quantitative estimate of drug-likeness (QED) is 0.438. The zero-order valence-corrected chi connectivity index (χ0v) is 11.5. The van der Waals surface area contributed by atoms with E-state index in [1.165, 1.54) is 32.8 Å². The molecule has 16 heavy (non-hydrogen) atoms. The minimum atomic E-state index is -3.27. The molecule has 4 nitrogen and oxygen atoms in total. The maximum absolute atomic E-state index is 11.1. The Hall–Kier alpha value is 0.110. The maximum atomic E-state index is 11.1. The van der Waals surface area contributed by atoms with Gasteiger partial charge in [-0.25, -0.2) is 0 Å². The van der Waals surface area contributed by atoms with Crippen molar-refractivity contribution >= 4 is 7.60 Å². The Morgan fingerprint density at radius 1 is 1.12 bits per heavy atom. The van der Waals surface area contributed by atoms with Crippen LogP contribution in [0.3, 0.4) is 0 Å². The molecule has 0 rings (SSSR count). The number of unbranched alkanes of at least 4 members (excludes halogenated alkanes) is 4. The maximum Gasteiger partial charge on any atom is 0.327 e. The molecule has 0 aliphatic heterocycles. The fraction of sp³-hybridized carbons (Fsp3) is 1.00. The van der Waals surface area contributed by atoms with Crippen LogP contribution in [-0.2, 0) is 9.09 Å². The van der Waals surface area contributed by atoms with Crippen molar-refractivity contribution in [1.29, 1.82) is 0 Å². The second kappa shape index (κ2) is 10.3. The van der Waals surface area contributed by atoms with Crippen LogP contribution in [0.5, 0.6) is 0 Å². The summed E-state index contributed by atoms with van der Waals surface area (Å²) in [5, 5.41) is 3.34. The van der Waals surface area contributed by atoms with Crippen molar-refractivity contribution in [2.24, 2.45) is 0 Å². The van der Waals surface area contributed by atoms with Crippen molar-refractivity contribution in [3.8, 4) is 0 Å². The molecule has 0 aromatic carbocycles. The summed E-state index contributed by atoms with van der Waals surface area (Å²) < 4.78 is 15.6. The van der Waals surface area contributed by atoms with Gasteiger partial charge in [-0.1, -0.05) is 26.2 Å². The van der Waals surface area contributed by atoms with Gasteiger partial charge >= 0.3 is 7.60 Å². The summed E-state index contributed by atoms with van der Waals surface area (Å²) in [6.45, 7) is 4.19. The standard InChI is InChI=1S/C11H26NO3P/c1-3-4-5-6-9-12-10-7-8-11-16(13,14)15-2/h12H,3-11H2,1-2H3,(H,13,14). The molecule has 1 atom stereocenters. The normalized spacial score (nSPS) is 14.9. The first-order valence-electron chi connectivity index (χ1n) is 6.20. The van der Waals surface area contributed by atoms with Gasteiger partial charge in [0.25, 0.3) is 0 Å². The van der Waals surface area contributed by atoms with E-state index >= 15 is 0 Å². The third-order valence-corrected chi connectivity index (χ3v) is 3.99. The zero-order chi connectivity index (χ0) is 12.3. The molecule has 98 valence electrons. The van der Waals surface area contributed by atoms with Gasteiger partial charge in [-0.15, -0.1) is 0 Å². The molecule has 0 fully saturated rings. The van der Waals surface area contributed by atoms with Gasteiger partial charge in [0.1, 0.15) is 0 Å². The van der Waals surface area contributed by atoms with E-state index in [0.717, 1.165) is 25.9 Å². The fourth-order valence-electron chi connectivity index (χ4n) is 1.45. The Bertz CT molecular complexity index is 200. The predicted molar refractivity (Wildman–Crippen MR) is 67.9 cm³/mol. The molecule has 0 aromatic heterocycles. The van der Waals surface area contributed by atoms with Crippen LogP contribution in [0.2, 0.25) is 0 Å². The molecule has 0 saturated heterocycles. The summed E-state index contributed by atoms with van der Waals surface area (Å²) in [6, 6.07) is 0. The second-order valence-electron chi connectivity index (χ2n) is 4.06. The van der Waals surface area contributed by atoms with Gasteiger partial charge in [0.2, 0.25) is 0 Å². The van der Waals surface area contributed by atoms with Crippen LogP contribution in [0.4, 0.5) is 0 Å². The number of hydrogen-bond acceptors (Lipinski definition) is 3. The largest absolute Gasteiger partial charge is 0.327 e. The minimum absolute atomic E-state index is 0.265. The fourth-order valence-corrected chi connectivity index (χ4v) is 2.26. The zero-order valence-electron chi connectivity index (χ0n) is 10.6. The molecule has 0 heterocycles. The third-order valence-electron chi connectivity index (χ3n) is 2.54. The highest BCUT2D eigenvalue weighted by molar-refractivity contribution is 7.52. The van der Waals surface area contributed by atoms with Crippen LogP contribution in [-0.4, -0.2) is 31.3 Å². The summed E-state index contributed by atoms with van der Waals surface area (Å²) >= 11 is 0. The molecule has 0 radical (unpaired) electrons. The van der Waals surface area contributed by atoms with Gasteiger partial charge in [0.05, 0.1) is 6.16 Å². The van der Waals surface area contributed by atoms with Crippen LogP contribution in [0.1, 0.15) is 45.4 Å². The Kier molecular flexibility index (Phi) is 10.3. The molecule has 0 aliphatic rings. The van der Waals surface area contributed by atoms with Gasteiger partial charge in [-0.2, -0.15) is 0 Å². The van der Waals surface area contributed by atoms with E-state index in [0.29, 0.717) is 0 Å². The minimum Gasteiger partial charge on any atom is -0.324 e. The highest BCUT2D eigenvalue weighted by Gasteiger charge is 2.15. The lowest BCUT2D eigenvalue weighted by atomic mass is 10.2. The van der Waals surface area contributed by atoms with Gasteiger partial charge in [-0.3, -0.25) is 4.57 Å². The van der Waals surface area contributed by atoms with Crippen LogP contribution in [0.15, 0.2) is 0 Å². The summed E-state index contributed by atoms with van der Waals surface area (Å²) in [5.41, 5.74) is 0. The van der Waals surface area contributed by atoms with E-state index in [-0.39, 0.29) is 6.16 Å². The predicted octanol–water partition coefficient (Wildman–Crippen LogP) is 2.77. The van der Waals surface area contributed by atoms with E-state index in [1.807, 2.05) is 0 Å². The Morgan fingerprint density at radius 2 is 1.75 bits per heavy atom. The number of hydrogen-bond donors (Lipinski definition) is 2. The van der Waals surface area contributed by atoms with Crippen molar-refractivity contribution < 1.29 is 14.0 Å². The topological polar surface area (TPSA) is 58.6 Å². The van der Waals surface area contributed by atoms with Crippen molar-refractivity contribution in [2.45, 2.75) is 45.4 Å². The Morgan fingerprint density at radius 3 is 2.31 bits per heavy atom. The van der Waals surface area contributed by atoms with Crippen LogP contribution in [0, 0.1) is 0 Å². The molecule has 0 aliphatic carbocycles. The molecule has 0 amide bonds. The summed E-state index contributed by atoms with van der Waals surface area (Å²) in [7, 11) is -1.99. The number of nitrogens with one attached hydrogen (secondary N) is 1. The Balaban J connectivity index is 3.13. The molecule has 1 unspecified atom stereocenters. The van der Waals surface area contributed by atoms with Crippen LogP contribution < -0.4 is 5.32 Å². The first kappa shape index (κ1) is 16.1. The van der Waals surface area contributed by atoms with Gasteiger partial charge in [0, 0.05) is 7.11 Å². The third kappa shape index (κ3) is 10.6. The molecular formula is C11H26NO3P. The summed E-state index contributed by atoms with van der Waals surface area (Å²) in [5.74, 6) is 0. The van der Waals surface area contributed by atoms with E-state index in [9.17, 15) is 4.57 Å². The van der Waals surface area contributed by atoms with Gasteiger partial charge in [0.15, 0.2) is 0 Å². The van der Waals surface area contributed by atoms with E-state index < -0.39 is 7.60 Å². The summed E-state index contributed by atoms with van der Waals surface area (Å²) in [6.07, 6.45) is 7.03. The highest BCUT2D eigenvalue weighted by atomic mass is 31.2. The molecule has 0 spiro atoms. The van der Waals surface area contributed by atoms with Crippen LogP contribution in [0.25, 0.3) is 0 Å². The first-order valence-corrected chi connectivity index (χ1v) is 7.97. The molecule has 0 aromatic rings. The van der Waals surface area contributed by atoms with Crippen molar-refractivity contribution in [1.82, 2.24) is 5.32 Å². The molecule has 5 heteroatoms. The second-order valence-corrected chi connectivity index (χ2v) is 6.15. The highest BCUT2D eigenvalue weighted by Crippen LogP contribution is 2.41. The van der Waals surface area contributed by atoms with E-state index in [2.05, 4.69) is 16.8 Å². The monoisotopic (exact) mass is 251 g/mol. The molecular weight excluding hydrogens is 225 g/mol. The molecule has 2 N–H and O–H groups in total. The van der Waals surface area contributed by atoms with Crippen LogP contribution >= 0.6 is 7.60 Å². The SMILES string of the molecule is CCCCCCNCCCCP(=O)(O)OC. The van der Waals surface area contributed by atoms with Gasteiger partial charge in [-0.05, 0) is 32.4 Å². The summed E-state index contributed by atoms with van der Waals surface area (Å²) in [4.78, 5) is 9.14. The smallest absolute Gasteiger partial charge is 0.324 e. The van der Waals surface area contributed by atoms with E-state index in [1.54, 1.807) is 0 Å².